The summed E-state index contributed by atoms with van der Waals surface area (Å²) < 4.78 is 27.3. The Morgan fingerprint density at radius 3 is 2.44 bits per heavy atom. The first-order chi connectivity index (χ1) is 8.72. The molecule has 3 nitrogen and oxygen atoms in total. The topological polar surface area (TPSA) is 50.9 Å². The predicted octanol–water partition coefficient (Wildman–Crippen LogP) is 2.11. The molecule has 0 saturated carbocycles. The van der Waals surface area contributed by atoms with Gasteiger partial charge in [-0.1, -0.05) is 12.1 Å². The molecule has 0 fully saturated rings. The van der Waals surface area contributed by atoms with Crippen molar-refractivity contribution < 1.29 is 8.78 Å². The molecule has 0 spiro atoms. The van der Waals surface area contributed by atoms with Crippen molar-refractivity contribution in [2.45, 2.75) is 12.5 Å². The van der Waals surface area contributed by atoms with Crippen molar-refractivity contribution in [2.75, 3.05) is 0 Å². The first-order valence-electron chi connectivity index (χ1n) is 5.51. The molecule has 1 heterocycles. The van der Waals surface area contributed by atoms with Crippen LogP contribution in [0.3, 0.4) is 0 Å². The summed E-state index contributed by atoms with van der Waals surface area (Å²) in [6.45, 7) is 0. The average molecular weight is 249 g/mol. The second kappa shape index (κ2) is 5.66. The molecule has 94 valence electrons. The third-order valence-corrected chi connectivity index (χ3v) is 2.71. The highest BCUT2D eigenvalue weighted by molar-refractivity contribution is 5.25. The normalized spacial score (nSPS) is 12.4. The van der Waals surface area contributed by atoms with Gasteiger partial charge in [-0.15, -0.1) is 0 Å². The first-order valence-corrected chi connectivity index (χ1v) is 5.51. The molecule has 2 aromatic rings. The smallest absolute Gasteiger partial charge is 0.130 e. The molecule has 0 amide bonds. The summed E-state index contributed by atoms with van der Waals surface area (Å²) in [6.07, 6.45) is 3.64. The third-order valence-electron chi connectivity index (χ3n) is 2.71. The van der Waals surface area contributed by atoms with Crippen LogP contribution in [0.4, 0.5) is 8.78 Å². The molecule has 0 aliphatic rings. The summed E-state index contributed by atoms with van der Waals surface area (Å²) in [5, 5.41) is 0. The minimum Gasteiger partial charge on any atom is -0.271 e. The van der Waals surface area contributed by atoms with E-state index in [2.05, 4.69) is 10.4 Å². The second-order valence-corrected chi connectivity index (χ2v) is 3.92. The van der Waals surface area contributed by atoms with Gasteiger partial charge in [-0.25, -0.2) is 8.78 Å². The van der Waals surface area contributed by atoms with Crippen LogP contribution in [0.2, 0.25) is 0 Å². The molecule has 0 aliphatic carbocycles. The van der Waals surface area contributed by atoms with E-state index in [1.54, 1.807) is 18.5 Å². The Labute approximate surface area is 104 Å². The standard InChI is InChI=1S/C13H13F2N3/c14-10-4-1-5-11(15)13(10)12(18-16)7-9-3-2-6-17-8-9/h1-6,8,12,18H,7,16H2. The number of nitrogens with one attached hydrogen (secondary N) is 1. The van der Waals surface area contributed by atoms with Crippen LogP contribution in [-0.2, 0) is 6.42 Å². The quantitative estimate of drug-likeness (QED) is 0.644. The van der Waals surface area contributed by atoms with Crippen LogP contribution in [0.1, 0.15) is 17.2 Å². The molecule has 0 saturated heterocycles. The maximum Gasteiger partial charge on any atom is 0.130 e. The summed E-state index contributed by atoms with van der Waals surface area (Å²) in [7, 11) is 0. The van der Waals surface area contributed by atoms with Crippen LogP contribution >= 0.6 is 0 Å². The SMILES string of the molecule is NNC(Cc1cccnc1)c1c(F)cccc1F. The molecule has 5 heteroatoms. The number of benzene rings is 1. The third kappa shape index (κ3) is 2.69. The highest BCUT2D eigenvalue weighted by atomic mass is 19.1. The lowest BCUT2D eigenvalue weighted by atomic mass is 9.99. The summed E-state index contributed by atoms with van der Waals surface area (Å²) in [5.41, 5.74) is 3.24. The molecule has 1 aromatic carbocycles. The van der Waals surface area contributed by atoms with E-state index in [1.807, 2.05) is 6.07 Å². The molecule has 1 aromatic heterocycles. The highest BCUT2D eigenvalue weighted by Crippen LogP contribution is 2.23. The molecule has 18 heavy (non-hydrogen) atoms. The van der Waals surface area contributed by atoms with Crippen molar-refractivity contribution in [1.82, 2.24) is 10.4 Å². The molecule has 0 bridgehead atoms. The lowest BCUT2D eigenvalue weighted by Gasteiger charge is -2.17. The van der Waals surface area contributed by atoms with Crippen LogP contribution < -0.4 is 11.3 Å². The minimum absolute atomic E-state index is 0.0520. The van der Waals surface area contributed by atoms with E-state index in [-0.39, 0.29) is 5.56 Å². The molecule has 1 unspecified atom stereocenters. The first kappa shape index (κ1) is 12.6. The molecule has 2 rings (SSSR count). The van der Waals surface area contributed by atoms with Crippen molar-refractivity contribution in [3.8, 4) is 0 Å². The van der Waals surface area contributed by atoms with Gasteiger partial charge in [0.05, 0.1) is 6.04 Å². The van der Waals surface area contributed by atoms with Gasteiger partial charge < -0.3 is 0 Å². The Morgan fingerprint density at radius 1 is 1.17 bits per heavy atom. The van der Waals surface area contributed by atoms with Gasteiger partial charge in [-0.05, 0) is 30.2 Å². The molecule has 3 N–H and O–H groups in total. The summed E-state index contributed by atoms with van der Waals surface area (Å²) in [4.78, 5) is 3.95. The zero-order valence-corrected chi connectivity index (χ0v) is 9.61. The van der Waals surface area contributed by atoms with Crippen LogP contribution in [-0.4, -0.2) is 4.98 Å². The predicted molar refractivity (Wildman–Crippen MR) is 64.4 cm³/mol. The van der Waals surface area contributed by atoms with Gasteiger partial charge in [-0.2, -0.15) is 0 Å². The Bertz CT molecular complexity index is 497. The van der Waals surface area contributed by atoms with Gasteiger partial charge in [0.1, 0.15) is 11.6 Å². The number of nitrogens with two attached hydrogens (primary N) is 1. The van der Waals surface area contributed by atoms with Crippen LogP contribution in [0, 0.1) is 11.6 Å². The minimum atomic E-state index is -0.629. The Morgan fingerprint density at radius 2 is 1.89 bits per heavy atom. The number of nitrogens with zero attached hydrogens (tertiary/aromatic N) is 1. The second-order valence-electron chi connectivity index (χ2n) is 3.92. The number of halogens is 2. The highest BCUT2D eigenvalue weighted by Gasteiger charge is 2.19. The fourth-order valence-corrected chi connectivity index (χ4v) is 1.84. The van der Waals surface area contributed by atoms with Crippen molar-refractivity contribution >= 4 is 0 Å². The lowest BCUT2D eigenvalue weighted by Crippen LogP contribution is -2.31. The van der Waals surface area contributed by atoms with Gasteiger partial charge in [-0.3, -0.25) is 16.3 Å². The maximum absolute atomic E-state index is 13.6. The molecular weight excluding hydrogens is 236 g/mol. The largest absolute Gasteiger partial charge is 0.271 e. The van der Waals surface area contributed by atoms with Crippen molar-refractivity contribution in [1.29, 1.82) is 0 Å². The maximum atomic E-state index is 13.6. The van der Waals surface area contributed by atoms with Gasteiger partial charge in [0.25, 0.3) is 0 Å². The van der Waals surface area contributed by atoms with E-state index in [4.69, 9.17) is 5.84 Å². The lowest BCUT2D eigenvalue weighted by molar-refractivity contribution is 0.472. The molecule has 0 aliphatic heterocycles. The van der Waals surface area contributed by atoms with Crippen molar-refractivity contribution in [3.05, 3.63) is 65.5 Å². The van der Waals surface area contributed by atoms with Crippen LogP contribution in [0.15, 0.2) is 42.7 Å². The van der Waals surface area contributed by atoms with Gasteiger partial charge in [0.15, 0.2) is 0 Å². The Hall–Kier alpha value is -1.85. The van der Waals surface area contributed by atoms with E-state index >= 15 is 0 Å². The number of hydrogen-bond donors (Lipinski definition) is 2. The van der Waals surface area contributed by atoms with E-state index in [0.29, 0.717) is 6.42 Å². The summed E-state index contributed by atoms with van der Waals surface area (Å²) in [5.74, 6) is 4.17. The van der Waals surface area contributed by atoms with Gasteiger partial charge in [0, 0.05) is 18.0 Å². The van der Waals surface area contributed by atoms with E-state index in [9.17, 15) is 8.78 Å². The van der Waals surface area contributed by atoms with E-state index in [0.717, 1.165) is 5.56 Å². The summed E-state index contributed by atoms with van der Waals surface area (Å²) >= 11 is 0. The van der Waals surface area contributed by atoms with Crippen LogP contribution in [0.25, 0.3) is 0 Å². The number of hydrazine groups is 1. The van der Waals surface area contributed by atoms with Crippen molar-refractivity contribution in [3.63, 3.8) is 0 Å². The van der Waals surface area contributed by atoms with E-state index in [1.165, 1.54) is 18.2 Å². The average Bonchev–Trinajstić information content (AvgIpc) is 2.38. The monoisotopic (exact) mass is 249 g/mol. The van der Waals surface area contributed by atoms with Crippen molar-refractivity contribution in [2.24, 2.45) is 5.84 Å². The number of rotatable bonds is 4. The number of aromatic nitrogens is 1. The molecule has 1 atom stereocenters. The molecule has 0 radical (unpaired) electrons. The Kier molecular flexibility index (Phi) is 3.96. The van der Waals surface area contributed by atoms with Gasteiger partial charge >= 0.3 is 0 Å². The number of pyridine rings is 1. The fraction of sp³-hybridized carbons (Fsp3) is 0.154. The zero-order chi connectivity index (χ0) is 13.0. The zero-order valence-electron chi connectivity index (χ0n) is 9.61. The van der Waals surface area contributed by atoms with Crippen LogP contribution in [0.5, 0.6) is 0 Å². The molecular formula is C13H13F2N3. The fourth-order valence-electron chi connectivity index (χ4n) is 1.84. The number of hydrogen-bond acceptors (Lipinski definition) is 3. The Balaban J connectivity index is 2.29. The van der Waals surface area contributed by atoms with Gasteiger partial charge in [0.2, 0.25) is 0 Å². The van der Waals surface area contributed by atoms with E-state index < -0.39 is 17.7 Å². The summed E-state index contributed by atoms with van der Waals surface area (Å²) in [6, 6.07) is 6.72.